The summed E-state index contributed by atoms with van der Waals surface area (Å²) in [6.45, 7) is 4.33. The molecule has 2 N–H and O–H groups in total. The van der Waals surface area contributed by atoms with Gasteiger partial charge in [0.15, 0.2) is 0 Å². The van der Waals surface area contributed by atoms with Crippen molar-refractivity contribution in [3.8, 4) is 22.6 Å². The lowest BCUT2D eigenvalue weighted by atomic mass is 10.1. The van der Waals surface area contributed by atoms with E-state index in [2.05, 4.69) is 38.1 Å². The number of hydrogen-bond acceptors (Lipinski definition) is 2. The van der Waals surface area contributed by atoms with Crippen LogP contribution in [-0.4, -0.2) is 10.2 Å². The van der Waals surface area contributed by atoms with Crippen molar-refractivity contribution < 1.29 is 10.2 Å². The average Bonchev–Trinajstić information content (AvgIpc) is 2.57. The topological polar surface area (TPSA) is 40.5 Å². The minimum atomic E-state index is 0.257. The van der Waals surface area contributed by atoms with E-state index >= 15 is 0 Å². The Kier molecular flexibility index (Phi) is 5.81. The van der Waals surface area contributed by atoms with Crippen LogP contribution >= 0.6 is 0 Å². The monoisotopic (exact) mass is 306 g/mol. The van der Waals surface area contributed by atoms with Crippen LogP contribution in [0.2, 0.25) is 0 Å². The van der Waals surface area contributed by atoms with Crippen LogP contribution in [0.1, 0.15) is 18.1 Å². The predicted octanol–water partition coefficient (Wildman–Crippen LogP) is 5.32. The van der Waals surface area contributed by atoms with Gasteiger partial charge in [-0.15, -0.1) is 0 Å². The molecule has 0 aliphatic heterocycles. The van der Waals surface area contributed by atoms with Crippen molar-refractivity contribution in [1.29, 1.82) is 0 Å². The Balaban J connectivity index is 0.000000185. The molecule has 2 nitrogen and oxygen atoms in total. The first-order chi connectivity index (χ1) is 11.1. The van der Waals surface area contributed by atoms with E-state index in [1.165, 1.54) is 11.1 Å². The summed E-state index contributed by atoms with van der Waals surface area (Å²) in [4.78, 5) is 0. The van der Waals surface area contributed by atoms with Crippen LogP contribution in [0.5, 0.6) is 11.5 Å². The summed E-state index contributed by atoms with van der Waals surface area (Å²) in [7, 11) is 0. The second-order valence-electron chi connectivity index (χ2n) is 5.37. The van der Waals surface area contributed by atoms with E-state index in [1.807, 2.05) is 24.3 Å². The molecule has 118 valence electrons. The van der Waals surface area contributed by atoms with Crippen molar-refractivity contribution in [1.82, 2.24) is 0 Å². The molecule has 2 heteroatoms. The molecule has 3 rings (SSSR count). The van der Waals surface area contributed by atoms with Crippen LogP contribution in [0, 0.1) is 6.92 Å². The van der Waals surface area contributed by atoms with Gasteiger partial charge in [0.25, 0.3) is 0 Å². The Morgan fingerprint density at radius 3 is 1.43 bits per heavy atom. The van der Waals surface area contributed by atoms with E-state index in [9.17, 15) is 0 Å². The molecule has 0 aromatic heterocycles. The van der Waals surface area contributed by atoms with E-state index in [0.29, 0.717) is 0 Å². The third-order valence-electron chi connectivity index (χ3n) is 3.71. The number of hydrogen-bond donors (Lipinski definition) is 2. The molecule has 0 radical (unpaired) electrons. The van der Waals surface area contributed by atoms with E-state index in [4.69, 9.17) is 10.2 Å². The molecule has 0 fully saturated rings. The lowest BCUT2D eigenvalue weighted by Crippen LogP contribution is -1.82. The van der Waals surface area contributed by atoms with Crippen LogP contribution in [0.15, 0.2) is 72.8 Å². The summed E-state index contributed by atoms with van der Waals surface area (Å²) >= 11 is 0. The molecule has 3 aromatic rings. The van der Waals surface area contributed by atoms with E-state index < -0.39 is 0 Å². The highest BCUT2D eigenvalue weighted by Gasteiger charge is 1.97. The standard InChI is InChI=1S/C12H10O2.C9H12/c13-11-5-1-9(2-6-11)10-3-7-12(14)8-4-10;1-3-9-7-5-4-6-8(9)2/h1-8,13-14H;4-7H,3H2,1-2H3. The SMILES string of the molecule is CCc1ccccc1C.Oc1ccc(-c2ccc(O)cc2)cc1. The van der Waals surface area contributed by atoms with Gasteiger partial charge in [0.2, 0.25) is 0 Å². The van der Waals surface area contributed by atoms with Crippen LogP contribution in [0.25, 0.3) is 11.1 Å². The summed E-state index contributed by atoms with van der Waals surface area (Å²) < 4.78 is 0. The van der Waals surface area contributed by atoms with Gasteiger partial charge in [-0.1, -0.05) is 55.5 Å². The fourth-order valence-electron chi connectivity index (χ4n) is 2.31. The van der Waals surface area contributed by atoms with Gasteiger partial charge in [-0.25, -0.2) is 0 Å². The van der Waals surface area contributed by atoms with Crippen LogP contribution < -0.4 is 0 Å². The van der Waals surface area contributed by atoms with Crippen molar-refractivity contribution in [2.75, 3.05) is 0 Å². The predicted molar refractivity (Wildman–Crippen MR) is 95.8 cm³/mol. The highest BCUT2D eigenvalue weighted by atomic mass is 16.3. The molecule has 0 aliphatic rings. The van der Waals surface area contributed by atoms with Crippen molar-refractivity contribution in [2.45, 2.75) is 20.3 Å². The molecule has 0 saturated heterocycles. The Labute approximate surface area is 137 Å². The fraction of sp³-hybridized carbons (Fsp3) is 0.143. The molecular formula is C21H22O2. The number of rotatable bonds is 2. The molecule has 0 amide bonds. The average molecular weight is 306 g/mol. The van der Waals surface area contributed by atoms with Gasteiger partial charge in [0.05, 0.1) is 0 Å². The quantitative estimate of drug-likeness (QED) is 0.672. The van der Waals surface area contributed by atoms with E-state index in [0.717, 1.165) is 17.5 Å². The maximum absolute atomic E-state index is 9.11. The zero-order valence-corrected chi connectivity index (χ0v) is 13.5. The Morgan fingerprint density at radius 1 is 0.652 bits per heavy atom. The summed E-state index contributed by atoms with van der Waals surface area (Å²) in [6, 6.07) is 22.4. The van der Waals surface area contributed by atoms with Gasteiger partial charge in [0, 0.05) is 0 Å². The lowest BCUT2D eigenvalue weighted by molar-refractivity contribution is 0.474. The van der Waals surface area contributed by atoms with Crippen LogP contribution in [0.4, 0.5) is 0 Å². The third kappa shape index (κ3) is 4.89. The summed E-state index contributed by atoms with van der Waals surface area (Å²) in [5.74, 6) is 0.514. The first-order valence-corrected chi connectivity index (χ1v) is 7.73. The third-order valence-corrected chi connectivity index (χ3v) is 3.71. The molecule has 0 bridgehead atoms. The molecular weight excluding hydrogens is 284 g/mol. The Morgan fingerprint density at radius 2 is 1.09 bits per heavy atom. The van der Waals surface area contributed by atoms with Gasteiger partial charge in [-0.3, -0.25) is 0 Å². The summed E-state index contributed by atoms with van der Waals surface area (Å²) in [5.41, 5.74) is 4.89. The fourth-order valence-corrected chi connectivity index (χ4v) is 2.31. The van der Waals surface area contributed by atoms with Crippen molar-refractivity contribution in [3.63, 3.8) is 0 Å². The maximum atomic E-state index is 9.11. The highest BCUT2D eigenvalue weighted by Crippen LogP contribution is 2.23. The molecule has 0 spiro atoms. The lowest BCUT2D eigenvalue weighted by Gasteiger charge is -2.01. The molecule has 0 aliphatic carbocycles. The number of phenols is 2. The minimum Gasteiger partial charge on any atom is -0.508 e. The number of aryl methyl sites for hydroxylation is 2. The van der Waals surface area contributed by atoms with Gasteiger partial charge >= 0.3 is 0 Å². The van der Waals surface area contributed by atoms with Crippen LogP contribution in [-0.2, 0) is 6.42 Å². The molecule has 3 aromatic carbocycles. The van der Waals surface area contributed by atoms with Crippen molar-refractivity contribution >= 4 is 0 Å². The highest BCUT2D eigenvalue weighted by molar-refractivity contribution is 5.64. The number of benzene rings is 3. The number of aromatic hydroxyl groups is 2. The molecule has 0 heterocycles. The van der Waals surface area contributed by atoms with Crippen molar-refractivity contribution in [2.24, 2.45) is 0 Å². The van der Waals surface area contributed by atoms with E-state index in [1.54, 1.807) is 24.3 Å². The van der Waals surface area contributed by atoms with Crippen LogP contribution in [0.3, 0.4) is 0 Å². The molecule has 23 heavy (non-hydrogen) atoms. The van der Waals surface area contributed by atoms with Gasteiger partial charge in [-0.05, 0) is 59.9 Å². The smallest absolute Gasteiger partial charge is 0.115 e. The van der Waals surface area contributed by atoms with Gasteiger partial charge in [0.1, 0.15) is 11.5 Å². The zero-order chi connectivity index (χ0) is 16.7. The van der Waals surface area contributed by atoms with E-state index in [-0.39, 0.29) is 11.5 Å². The number of phenolic OH excluding ortho intramolecular Hbond substituents is 2. The summed E-state index contributed by atoms with van der Waals surface area (Å²) in [5, 5.41) is 18.2. The Bertz CT molecular complexity index is 685. The van der Waals surface area contributed by atoms with Gasteiger partial charge in [-0.2, -0.15) is 0 Å². The maximum Gasteiger partial charge on any atom is 0.115 e. The first-order valence-electron chi connectivity index (χ1n) is 7.73. The second-order valence-corrected chi connectivity index (χ2v) is 5.37. The zero-order valence-electron chi connectivity index (χ0n) is 13.5. The summed E-state index contributed by atoms with van der Waals surface area (Å²) in [6.07, 6.45) is 1.15. The molecule has 0 atom stereocenters. The van der Waals surface area contributed by atoms with Gasteiger partial charge < -0.3 is 10.2 Å². The Hall–Kier alpha value is -2.74. The second kappa shape index (κ2) is 8.04. The molecule has 0 saturated carbocycles. The largest absolute Gasteiger partial charge is 0.508 e. The van der Waals surface area contributed by atoms with Crippen molar-refractivity contribution in [3.05, 3.63) is 83.9 Å². The first kappa shape index (κ1) is 16.6. The molecule has 0 unspecified atom stereocenters. The normalized spacial score (nSPS) is 9.83. The minimum absolute atomic E-state index is 0.257.